The minimum Gasteiger partial charge on any atom is -0.338 e. The number of imidazole rings is 1. The van der Waals surface area contributed by atoms with Crippen LogP contribution in [0.25, 0.3) is 0 Å². The summed E-state index contributed by atoms with van der Waals surface area (Å²) in [5.74, 6) is 1.29. The van der Waals surface area contributed by atoms with E-state index >= 15 is 0 Å². The van der Waals surface area contributed by atoms with E-state index in [9.17, 15) is 4.79 Å². The topological polar surface area (TPSA) is 56.0 Å². The van der Waals surface area contributed by atoms with Crippen molar-refractivity contribution in [2.24, 2.45) is 0 Å². The van der Waals surface area contributed by atoms with Gasteiger partial charge in [0.15, 0.2) is 0 Å². The van der Waals surface area contributed by atoms with E-state index in [1.807, 2.05) is 37.1 Å². The van der Waals surface area contributed by atoms with Crippen molar-refractivity contribution in [2.75, 3.05) is 6.54 Å². The Hall–Kier alpha value is -2.11. The highest BCUT2D eigenvalue weighted by molar-refractivity contribution is 5.76. The summed E-state index contributed by atoms with van der Waals surface area (Å²) in [6.07, 6.45) is 12.6. The van der Waals surface area contributed by atoms with Crippen molar-refractivity contribution in [3.05, 3.63) is 36.2 Å². The lowest BCUT2D eigenvalue weighted by molar-refractivity contribution is -0.135. The molecule has 0 bridgehead atoms. The van der Waals surface area contributed by atoms with Gasteiger partial charge >= 0.3 is 0 Å². The van der Waals surface area contributed by atoms with Crippen LogP contribution in [-0.2, 0) is 17.9 Å². The molecule has 0 spiro atoms. The predicted molar refractivity (Wildman–Crippen MR) is 92.5 cm³/mol. The number of aromatic nitrogens is 4. The van der Waals surface area contributed by atoms with Crippen LogP contribution in [0.5, 0.6) is 0 Å². The Kier molecular flexibility index (Phi) is 5.33. The Morgan fingerprint density at radius 1 is 1.33 bits per heavy atom. The lowest BCUT2D eigenvalue weighted by atomic mass is 10.0. The van der Waals surface area contributed by atoms with Crippen LogP contribution >= 0.6 is 0 Å². The molecule has 1 fully saturated rings. The summed E-state index contributed by atoms with van der Waals surface area (Å²) in [6.45, 7) is 6.59. The number of rotatable bonds is 6. The van der Waals surface area contributed by atoms with Crippen LogP contribution in [0.3, 0.4) is 0 Å². The van der Waals surface area contributed by atoms with E-state index in [0.29, 0.717) is 6.42 Å². The minimum atomic E-state index is 0.278. The summed E-state index contributed by atoms with van der Waals surface area (Å²) in [4.78, 5) is 19.0. The van der Waals surface area contributed by atoms with Crippen LogP contribution in [0.15, 0.2) is 24.8 Å². The van der Waals surface area contributed by atoms with Crippen LogP contribution in [0.1, 0.15) is 43.5 Å². The standard InChI is InChI=1S/C18H27N5O/c1-15-12-20-22(13-15)14-17-6-3-4-10-23(17)18(24)7-5-9-21-11-8-19-16(21)2/h8,11-13,17H,3-7,9-10,14H2,1-2H3/t17-/m1/s1. The third kappa shape index (κ3) is 4.04. The number of amides is 1. The van der Waals surface area contributed by atoms with Crippen molar-refractivity contribution in [1.29, 1.82) is 0 Å². The number of hydrogen-bond acceptors (Lipinski definition) is 3. The molecule has 0 radical (unpaired) electrons. The van der Waals surface area contributed by atoms with E-state index in [-0.39, 0.29) is 11.9 Å². The number of carbonyl (C=O) groups excluding carboxylic acids is 1. The molecule has 1 saturated heterocycles. The number of hydrogen-bond donors (Lipinski definition) is 0. The van der Waals surface area contributed by atoms with E-state index in [1.54, 1.807) is 0 Å². The first-order chi connectivity index (χ1) is 11.6. The molecule has 6 heteroatoms. The van der Waals surface area contributed by atoms with Gasteiger partial charge in [0.05, 0.1) is 18.8 Å². The molecule has 0 aliphatic carbocycles. The Morgan fingerprint density at radius 3 is 2.92 bits per heavy atom. The van der Waals surface area contributed by atoms with Gasteiger partial charge in [-0.25, -0.2) is 4.98 Å². The average Bonchev–Trinajstić information content (AvgIpc) is 3.16. The second-order valence-electron chi connectivity index (χ2n) is 6.75. The molecule has 0 saturated carbocycles. The molecule has 2 aromatic rings. The van der Waals surface area contributed by atoms with Crippen molar-refractivity contribution in [2.45, 2.75) is 65.1 Å². The highest BCUT2D eigenvalue weighted by atomic mass is 16.2. The van der Waals surface area contributed by atoms with Gasteiger partial charge < -0.3 is 9.47 Å². The second-order valence-corrected chi connectivity index (χ2v) is 6.75. The molecule has 130 valence electrons. The zero-order chi connectivity index (χ0) is 16.9. The van der Waals surface area contributed by atoms with Gasteiger partial charge in [-0.2, -0.15) is 5.10 Å². The van der Waals surface area contributed by atoms with Crippen molar-refractivity contribution in [3.8, 4) is 0 Å². The average molecular weight is 329 g/mol. The quantitative estimate of drug-likeness (QED) is 0.818. The lowest BCUT2D eigenvalue weighted by Gasteiger charge is -2.36. The number of piperidine rings is 1. The highest BCUT2D eigenvalue weighted by Crippen LogP contribution is 2.20. The van der Waals surface area contributed by atoms with Crippen LogP contribution in [-0.4, -0.2) is 42.7 Å². The van der Waals surface area contributed by atoms with E-state index in [4.69, 9.17) is 0 Å². The minimum absolute atomic E-state index is 0.278. The smallest absolute Gasteiger partial charge is 0.222 e. The monoisotopic (exact) mass is 329 g/mol. The third-order valence-corrected chi connectivity index (χ3v) is 4.82. The highest BCUT2D eigenvalue weighted by Gasteiger charge is 2.26. The van der Waals surface area contributed by atoms with Crippen molar-refractivity contribution in [3.63, 3.8) is 0 Å². The van der Waals surface area contributed by atoms with Gasteiger partial charge in [-0.15, -0.1) is 0 Å². The number of likely N-dealkylation sites (tertiary alicyclic amines) is 1. The van der Waals surface area contributed by atoms with Crippen molar-refractivity contribution in [1.82, 2.24) is 24.2 Å². The van der Waals surface area contributed by atoms with Gasteiger partial charge in [-0.3, -0.25) is 9.48 Å². The molecule has 3 heterocycles. The van der Waals surface area contributed by atoms with E-state index in [2.05, 4.69) is 25.7 Å². The van der Waals surface area contributed by atoms with Crippen LogP contribution in [0.2, 0.25) is 0 Å². The number of nitrogens with zero attached hydrogens (tertiary/aromatic N) is 5. The molecule has 0 N–H and O–H groups in total. The summed E-state index contributed by atoms with van der Waals surface area (Å²) >= 11 is 0. The molecule has 3 rings (SSSR count). The SMILES string of the molecule is Cc1cnn(C[C@H]2CCCCN2C(=O)CCCn2ccnc2C)c1. The molecule has 1 amide bonds. The lowest BCUT2D eigenvalue weighted by Crippen LogP contribution is -2.45. The first kappa shape index (κ1) is 16.7. The first-order valence-electron chi connectivity index (χ1n) is 8.90. The van der Waals surface area contributed by atoms with Gasteiger partial charge in [0, 0.05) is 38.1 Å². The molecule has 1 aliphatic rings. The zero-order valence-electron chi connectivity index (χ0n) is 14.7. The molecular formula is C18H27N5O. The molecule has 1 aliphatic heterocycles. The fourth-order valence-corrected chi connectivity index (χ4v) is 3.49. The normalized spacial score (nSPS) is 18.1. The first-order valence-corrected chi connectivity index (χ1v) is 8.90. The summed E-state index contributed by atoms with van der Waals surface area (Å²) in [5.41, 5.74) is 1.17. The Labute approximate surface area is 143 Å². The fourth-order valence-electron chi connectivity index (χ4n) is 3.49. The largest absolute Gasteiger partial charge is 0.338 e. The Morgan fingerprint density at radius 2 is 2.21 bits per heavy atom. The van der Waals surface area contributed by atoms with Crippen molar-refractivity contribution >= 4 is 5.91 Å². The molecule has 1 atom stereocenters. The second kappa shape index (κ2) is 7.64. The number of aryl methyl sites for hydroxylation is 3. The predicted octanol–water partition coefficient (Wildman–Crippen LogP) is 2.56. The molecular weight excluding hydrogens is 302 g/mol. The maximum atomic E-state index is 12.7. The summed E-state index contributed by atoms with van der Waals surface area (Å²) < 4.78 is 4.08. The van der Waals surface area contributed by atoms with Gasteiger partial charge in [0.1, 0.15) is 5.82 Å². The Bertz CT molecular complexity index is 675. The number of carbonyl (C=O) groups is 1. The third-order valence-electron chi connectivity index (χ3n) is 4.82. The maximum absolute atomic E-state index is 12.7. The fraction of sp³-hybridized carbons (Fsp3) is 0.611. The van der Waals surface area contributed by atoms with Gasteiger partial charge in [0.25, 0.3) is 0 Å². The molecule has 0 unspecified atom stereocenters. The molecule has 24 heavy (non-hydrogen) atoms. The summed E-state index contributed by atoms with van der Waals surface area (Å²) in [7, 11) is 0. The van der Waals surface area contributed by atoms with Gasteiger partial charge in [-0.05, 0) is 45.1 Å². The van der Waals surface area contributed by atoms with Gasteiger partial charge in [0.2, 0.25) is 5.91 Å². The van der Waals surface area contributed by atoms with Crippen LogP contribution < -0.4 is 0 Å². The zero-order valence-corrected chi connectivity index (χ0v) is 14.7. The van der Waals surface area contributed by atoms with E-state index in [1.165, 1.54) is 12.0 Å². The van der Waals surface area contributed by atoms with Crippen LogP contribution in [0, 0.1) is 13.8 Å². The summed E-state index contributed by atoms with van der Waals surface area (Å²) in [6, 6.07) is 0.278. The molecule has 2 aromatic heterocycles. The van der Waals surface area contributed by atoms with Gasteiger partial charge in [-0.1, -0.05) is 0 Å². The molecule has 6 nitrogen and oxygen atoms in total. The van der Waals surface area contributed by atoms with Crippen molar-refractivity contribution < 1.29 is 4.79 Å². The Balaban J connectivity index is 1.54. The summed E-state index contributed by atoms with van der Waals surface area (Å²) in [5, 5.41) is 4.38. The van der Waals surface area contributed by atoms with E-state index in [0.717, 1.165) is 44.7 Å². The maximum Gasteiger partial charge on any atom is 0.222 e. The van der Waals surface area contributed by atoms with E-state index < -0.39 is 0 Å². The molecule has 0 aromatic carbocycles. The van der Waals surface area contributed by atoms with Crippen LogP contribution in [0.4, 0.5) is 0 Å².